The van der Waals surface area contributed by atoms with Gasteiger partial charge in [0.25, 0.3) is 0 Å². The Kier molecular flexibility index (Phi) is 7.97. The normalized spacial score (nSPS) is 27.4. The fourth-order valence-corrected chi connectivity index (χ4v) is 6.36. The molecular weight excluding hydrogens is 513 g/mol. The highest BCUT2D eigenvalue weighted by atomic mass is 127. The molecule has 1 aromatic carbocycles. The van der Waals surface area contributed by atoms with Crippen molar-refractivity contribution in [3.63, 3.8) is 0 Å². The van der Waals surface area contributed by atoms with Crippen LogP contribution < -0.4 is 5.32 Å². The summed E-state index contributed by atoms with van der Waals surface area (Å²) in [5.41, 5.74) is 2.58. The summed E-state index contributed by atoms with van der Waals surface area (Å²) < 4.78 is 0. The predicted octanol–water partition coefficient (Wildman–Crippen LogP) is 3.31. The Bertz CT molecular complexity index is 797. The lowest BCUT2D eigenvalue weighted by Gasteiger charge is -2.42. The fourth-order valence-electron chi connectivity index (χ4n) is 6.36. The highest BCUT2D eigenvalue weighted by molar-refractivity contribution is 14.0. The average Bonchev–Trinajstić information content (AvgIpc) is 3.54. The van der Waals surface area contributed by atoms with Crippen LogP contribution in [-0.4, -0.2) is 72.4 Å². The second-order valence-corrected chi connectivity index (χ2v) is 9.86. The van der Waals surface area contributed by atoms with Crippen LogP contribution in [0.25, 0.3) is 0 Å². The minimum absolute atomic E-state index is 0. The van der Waals surface area contributed by atoms with Gasteiger partial charge in [-0.1, -0.05) is 30.7 Å². The summed E-state index contributed by atoms with van der Waals surface area (Å²) in [6, 6.07) is 9.22. The second-order valence-electron chi connectivity index (χ2n) is 9.86. The van der Waals surface area contributed by atoms with E-state index in [0.29, 0.717) is 6.42 Å². The van der Waals surface area contributed by atoms with Gasteiger partial charge in [-0.3, -0.25) is 14.7 Å². The number of piperazine rings is 1. The van der Waals surface area contributed by atoms with Gasteiger partial charge >= 0.3 is 0 Å². The number of benzene rings is 1. The van der Waals surface area contributed by atoms with Crippen molar-refractivity contribution in [1.82, 2.24) is 20.0 Å². The number of hydrogen-bond donors (Lipinski definition) is 1. The molecule has 4 aliphatic rings. The van der Waals surface area contributed by atoms with E-state index in [1.807, 2.05) is 11.9 Å². The molecule has 176 valence electrons. The standard InChI is InChI=1S/C25H37N5O.HI/c1-26-25(29-13-11-28(12-14-29)23-16-19-8-9-20(23)15-19)27-10-4-7-24(31)30-17-21-5-2-3-6-22(21)18-30;/h2-3,5-6,19-20,23H,4,7-18H2,1H3,(H,26,27);1H. The van der Waals surface area contributed by atoms with Crippen molar-refractivity contribution in [1.29, 1.82) is 0 Å². The van der Waals surface area contributed by atoms with Crippen molar-refractivity contribution in [3.8, 4) is 0 Å². The van der Waals surface area contributed by atoms with Crippen molar-refractivity contribution >= 4 is 35.8 Å². The highest BCUT2D eigenvalue weighted by Crippen LogP contribution is 2.46. The SMILES string of the molecule is CN=C(NCCCC(=O)N1Cc2ccccc2C1)N1CCN(C2CC3CCC2C3)CC1.I. The zero-order valence-corrected chi connectivity index (χ0v) is 21.7. The number of nitrogens with one attached hydrogen (secondary N) is 1. The first kappa shape index (κ1) is 23.8. The van der Waals surface area contributed by atoms with E-state index in [0.717, 1.165) is 76.1 Å². The van der Waals surface area contributed by atoms with Crippen LogP contribution in [0.3, 0.4) is 0 Å². The molecule has 32 heavy (non-hydrogen) atoms. The minimum Gasteiger partial charge on any atom is -0.356 e. The zero-order chi connectivity index (χ0) is 21.2. The third-order valence-electron chi connectivity index (χ3n) is 8.04. The zero-order valence-electron chi connectivity index (χ0n) is 19.3. The molecule has 1 N–H and O–H groups in total. The third kappa shape index (κ3) is 5.08. The number of hydrogen-bond acceptors (Lipinski definition) is 3. The monoisotopic (exact) mass is 551 g/mol. The van der Waals surface area contributed by atoms with Crippen LogP contribution >= 0.6 is 24.0 Å². The van der Waals surface area contributed by atoms with Gasteiger partial charge in [-0.15, -0.1) is 24.0 Å². The predicted molar refractivity (Wildman–Crippen MR) is 139 cm³/mol. The number of amides is 1. The third-order valence-corrected chi connectivity index (χ3v) is 8.04. The van der Waals surface area contributed by atoms with Crippen LogP contribution in [0.15, 0.2) is 29.3 Å². The molecule has 2 aliphatic carbocycles. The molecule has 3 fully saturated rings. The van der Waals surface area contributed by atoms with E-state index < -0.39 is 0 Å². The molecule has 0 spiro atoms. The van der Waals surface area contributed by atoms with Crippen LogP contribution in [0.2, 0.25) is 0 Å². The summed E-state index contributed by atoms with van der Waals surface area (Å²) in [5, 5.41) is 3.50. The number of fused-ring (bicyclic) bond motifs is 3. The Labute approximate surface area is 209 Å². The molecule has 3 unspecified atom stereocenters. The summed E-state index contributed by atoms with van der Waals surface area (Å²) in [4.78, 5) is 24.2. The number of nitrogens with zero attached hydrogens (tertiary/aromatic N) is 4. The molecular formula is C25H38IN5O. The molecule has 0 aromatic heterocycles. The minimum atomic E-state index is 0. The Morgan fingerprint density at radius 3 is 2.34 bits per heavy atom. The van der Waals surface area contributed by atoms with Crippen LogP contribution in [0.4, 0.5) is 0 Å². The van der Waals surface area contributed by atoms with Gasteiger partial charge in [-0.05, 0) is 48.6 Å². The Morgan fingerprint density at radius 2 is 1.75 bits per heavy atom. The van der Waals surface area contributed by atoms with Gasteiger partial charge in [0.15, 0.2) is 5.96 Å². The lowest BCUT2D eigenvalue weighted by Crippen LogP contribution is -2.55. The van der Waals surface area contributed by atoms with E-state index in [1.54, 1.807) is 0 Å². The summed E-state index contributed by atoms with van der Waals surface area (Å²) in [7, 11) is 1.87. The smallest absolute Gasteiger partial charge is 0.223 e. The maximum Gasteiger partial charge on any atom is 0.223 e. The van der Waals surface area contributed by atoms with Crippen LogP contribution in [-0.2, 0) is 17.9 Å². The Morgan fingerprint density at radius 1 is 1.03 bits per heavy atom. The highest BCUT2D eigenvalue weighted by Gasteiger charge is 2.42. The fraction of sp³-hybridized carbons (Fsp3) is 0.680. The van der Waals surface area contributed by atoms with E-state index in [-0.39, 0.29) is 29.9 Å². The summed E-state index contributed by atoms with van der Waals surface area (Å²) in [5.74, 6) is 3.23. The molecule has 1 amide bonds. The molecule has 6 nitrogen and oxygen atoms in total. The van der Waals surface area contributed by atoms with Crippen molar-refractivity contribution in [2.75, 3.05) is 39.8 Å². The number of carbonyl (C=O) groups is 1. The van der Waals surface area contributed by atoms with Gasteiger partial charge in [0, 0.05) is 65.3 Å². The number of halogens is 1. The van der Waals surface area contributed by atoms with Gasteiger partial charge in [-0.2, -0.15) is 0 Å². The van der Waals surface area contributed by atoms with Crippen LogP contribution in [0, 0.1) is 11.8 Å². The van der Waals surface area contributed by atoms with Gasteiger partial charge < -0.3 is 15.1 Å². The molecule has 2 heterocycles. The average molecular weight is 552 g/mol. The van der Waals surface area contributed by atoms with Gasteiger partial charge in [-0.25, -0.2) is 0 Å². The van der Waals surface area contributed by atoms with Crippen molar-refractivity contribution < 1.29 is 4.79 Å². The van der Waals surface area contributed by atoms with Gasteiger partial charge in [0.1, 0.15) is 0 Å². The molecule has 1 aromatic rings. The lowest BCUT2D eigenvalue weighted by atomic mass is 9.93. The molecule has 2 bridgehead atoms. The molecule has 0 radical (unpaired) electrons. The quantitative estimate of drug-likeness (QED) is 0.264. The molecule has 5 rings (SSSR count). The van der Waals surface area contributed by atoms with Crippen LogP contribution in [0.5, 0.6) is 0 Å². The summed E-state index contributed by atoms with van der Waals surface area (Å²) in [6.07, 6.45) is 7.29. The van der Waals surface area contributed by atoms with E-state index in [4.69, 9.17) is 0 Å². The molecule has 7 heteroatoms. The largest absolute Gasteiger partial charge is 0.356 e. The van der Waals surface area contributed by atoms with E-state index in [9.17, 15) is 4.79 Å². The maximum absolute atomic E-state index is 12.6. The first-order chi connectivity index (χ1) is 15.2. The van der Waals surface area contributed by atoms with Crippen molar-refractivity contribution in [2.45, 2.75) is 57.7 Å². The molecule has 2 aliphatic heterocycles. The van der Waals surface area contributed by atoms with Gasteiger partial charge in [0.2, 0.25) is 5.91 Å². The van der Waals surface area contributed by atoms with Gasteiger partial charge in [0.05, 0.1) is 0 Å². The summed E-state index contributed by atoms with van der Waals surface area (Å²) in [6.45, 7) is 6.74. The van der Waals surface area contributed by atoms with Crippen LogP contribution in [0.1, 0.15) is 49.7 Å². The first-order valence-electron chi connectivity index (χ1n) is 12.3. The number of aliphatic imine (C=N–C) groups is 1. The Hall–Kier alpha value is -1.35. The second kappa shape index (κ2) is 10.7. The van der Waals surface area contributed by atoms with Crippen molar-refractivity contribution in [2.24, 2.45) is 16.8 Å². The molecule has 1 saturated heterocycles. The maximum atomic E-state index is 12.6. The molecule has 2 saturated carbocycles. The van der Waals surface area contributed by atoms with E-state index >= 15 is 0 Å². The van der Waals surface area contributed by atoms with E-state index in [2.05, 4.69) is 44.4 Å². The number of carbonyl (C=O) groups excluding carboxylic acids is 1. The number of rotatable bonds is 5. The van der Waals surface area contributed by atoms with E-state index in [1.165, 1.54) is 36.8 Å². The molecule has 3 atom stereocenters. The Balaban J connectivity index is 0.00000245. The van der Waals surface area contributed by atoms with Crippen molar-refractivity contribution in [3.05, 3.63) is 35.4 Å². The lowest BCUT2D eigenvalue weighted by molar-refractivity contribution is -0.131. The number of guanidine groups is 1. The topological polar surface area (TPSA) is 51.2 Å². The first-order valence-corrected chi connectivity index (χ1v) is 12.3. The summed E-state index contributed by atoms with van der Waals surface area (Å²) >= 11 is 0.